The van der Waals surface area contributed by atoms with Crippen LogP contribution in [0.5, 0.6) is 5.75 Å². The smallest absolute Gasteiger partial charge is 0.229 e. The highest BCUT2D eigenvalue weighted by Gasteiger charge is 2.33. The third-order valence-corrected chi connectivity index (χ3v) is 5.31. The number of fused-ring (bicyclic) bond motifs is 1. The van der Waals surface area contributed by atoms with E-state index < -0.39 is 0 Å². The minimum absolute atomic E-state index is 0.0380. The first-order valence-electron chi connectivity index (χ1n) is 9.31. The highest BCUT2D eigenvalue weighted by atomic mass is 16.5. The molecule has 1 fully saturated rings. The molecule has 132 valence electrons. The number of likely N-dealkylation sites (N-methyl/N-ethyl adjacent to an activating group) is 1. The topological polar surface area (TPSA) is 32.8 Å². The van der Waals surface area contributed by atoms with Gasteiger partial charge >= 0.3 is 0 Å². The first-order valence-corrected chi connectivity index (χ1v) is 9.31. The van der Waals surface area contributed by atoms with Crippen molar-refractivity contribution >= 4 is 5.91 Å². The largest absolute Gasteiger partial charge is 0.492 e. The van der Waals surface area contributed by atoms with E-state index in [9.17, 15) is 4.79 Å². The summed E-state index contributed by atoms with van der Waals surface area (Å²) in [5.74, 6) is 1.20. The summed E-state index contributed by atoms with van der Waals surface area (Å²) in [5, 5.41) is 0. The second-order valence-corrected chi connectivity index (χ2v) is 7.45. The summed E-state index contributed by atoms with van der Waals surface area (Å²) in [6.07, 6.45) is 6.93. The molecule has 24 heavy (non-hydrogen) atoms. The minimum Gasteiger partial charge on any atom is -0.492 e. The molecule has 1 aromatic rings. The molecule has 0 N–H and O–H groups in total. The molecule has 0 spiro atoms. The average Bonchev–Trinajstić information content (AvgIpc) is 2.62. The van der Waals surface area contributed by atoms with Gasteiger partial charge in [-0.05, 0) is 45.0 Å². The van der Waals surface area contributed by atoms with Gasteiger partial charge in [0.05, 0.1) is 5.92 Å². The van der Waals surface area contributed by atoms with E-state index >= 15 is 0 Å². The molecule has 1 saturated carbocycles. The predicted molar refractivity (Wildman–Crippen MR) is 96.3 cm³/mol. The quantitative estimate of drug-likeness (QED) is 0.832. The van der Waals surface area contributed by atoms with Crippen molar-refractivity contribution in [1.82, 2.24) is 9.80 Å². The molecule has 2 aliphatic rings. The second kappa shape index (κ2) is 8.02. The lowest BCUT2D eigenvalue weighted by Gasteiger charge is -2.38. The molecule has 1 heterocycles. The van der Waals surface area contributed by atoms with E-state index in [0.717, 1.165) is 38.1 Å². The van der Waals surface area contributed by atoms with E-state index in [1.165, 1.54) is 24.8 Å². The molecule has 1 aromatic carbocycles. The van der Waals surface area contributed by atoms with Crippen LogP contribution in [-0.2, 0) is 11.2 Å². The van der Waals surface area contributed by atoms with Crippen LogP contribution < -0.4 is 4.74 Å². The summed E-state index contributed by atoms with van der Waals surface area (Å²) in [6.45, 7) is 2.27. The number of amides is 1. The fourth-order valence-corrected chi connectivity index (χ4v) is 3.89. The molecule has 3 rings (SSSR count). The molecule has 1 aliphatic heterocycles. The van der Waals surface area contributed by atoms with Crippen LogP contribution in [0, 0.1) is 5.92 Å². The van der Waals surface area contributed by atoms with Crippen LogP contribution in [-0.4, -0.2) is 55.5 Å². The zero-order chi connectivity index (χ0) is 16.9. The summed E-state index contributed by atoms with van der Waals surface area (Å²) in [4.78, 5) is 17.6. The maximum absolute atomic E-state index is 13.2. The average molecular weight is 330 g/mol. The van der Waals surface area contributed by atoms with Gasteiger partial charge in [-0.2, -0.15) is 0 Å². The SMILES string of the molecule is CN(C)CCN(C(=O)[C@@H]1COc2ccccc2C1)C1CCCCC1. The van der Waals surface area contributed by atoms with Crippen molar-refractivity contribution in [2.24, 2.45) is 5.92 Å². The van der Waals surface area contributed by atoms with Gasteiger partial charge < -0.3 is 14.5 Å². The van der Waals surface area contributed by atoms with Gasteiger partial charge in [0, 0.05) is 19.1 Å². The monoisotopic (exact) mass is 330 g/mol. The van der Waals surface area contributed by atoms with Gasteiger partial charge in [0.25, 0.3) is 0 Å². The van der Waals surface area contributed by atoms with Crippen molar-refractivity contribution in [2.75, 3.05) is 33.8 Å². The van der Waals surface area contributed by atoms with Gasteiger partial charge in [0.2, 0.25) is 5.91 Å². The van der Waals surface area contributed by atoms with Crippen molar-refractivity contribution in [2.45, 2.75) is 44.6 Å². The Hall–Kier alpha value is -1.55. The summed E-state index contributed by atoms with van der Waals surface area (Å²) >= 11 is 0. The summed E-state index contributed by atoms with van der Waals surface area (Å²) in [5.41, 5.74) is 1.17. The number of nitrogens with zero attached hydrogens (tertiary/aromatic N) is 2. The van der Waals surface area contributed by atoms with Crippen molar-refractivity contribution < 1.29 is 9.53 Å². The fraction of sp³-hybridized carbons (Fsp3) is 0.650. The van der Waals surface area contributed by atoms with E-state index in [-0.39, 0.29) is 5.92 Å². The highest BCUT2D eigenvalue weighted by molar-refractivity contribution is 5.80. The first kappa shape index (κ1) is 17.3. The number of ether oxygens (including phenoxy) is 1. The molecule has 4 heteroatoms. The molecule has 1 aliphatic carbocycles. The van der Waals surface area contributed by atoms with Crippen molar-refractivity contribution in [1.29, 1.82) is 0 Å². The molecule has 1 amide bonds. The van der Waals surface area contributed by atoms with E-state index in [1.54, 1.807) is 0 Å². The molecular formula is C20H30N2O2. The molecule has 4 nitrogen and oxygen atoms in total. The van der Waals surface area contributed by atoms with Crippen molar-refractivity contribution in [3.8, 4) is 5.75 Å². The Labute approximate surface area is 145 Å². The number of hydrogen-bond donors (Lipinski definition) is 0. The number of carbonyl (C=O) groups is 1. The van der Waals surface area contributed by atoms with Gasteiger partial charge in [0.15, 0.2) is 0 Å². The third-order valence-electron chi connectivity index (χ3n) is 5.31. The number of benzene rings is 1. The van der Waals surface area contributed by atoms with Gasteiger partial charge in [0.1, 0.15) is 12.4 Å². The zero-order valence-corrected chi connectivity index (χ0v) is 15.0. The first-order chi connectivity index (χ1) is 11.6. The van der Waals surface area contributed by atoms with Crippen molar-refractivity contribution in [3.05, 3.63) is 29.8 Å². The Kier molecular flexibility index (Phi) is 5.77. The molecule has 0 aromatic heterocycles. The van der Waals surface area contributed by atoms with Crippen LogP contribution in [0.1, 0.15) is 37.7 Å². The Bertz CT molecular complexity index is 552. The van der Waals surface area contributed by atoms with Crippen LogP contribution in [0.4, 0.5) is 0 Å². The fourth-order valence-electron chi connectivity index (χ4n) is 3.89. The molecule has 0 saturated heterocycles. The lowest BCUT2D eigenvalue weighted by atomic mass is 9.91. The lowest BCUT2D eigenvalue weighted by Crippen LogP contribution is -2.49. The van der Waals surface area contributed by atoms with E-state index in [4.69, 9.17) is 4.74 Å². The highest BCUT2D eigenvalue weighted by Crippen LogP contribution is 2.30. The minimum atomic E-state index is -0.0380. The molecule has 0 bridgehead atoms. The summed E-state index contributed by atoms with van der Waals surface area (Å²) in [6, 6.07) is 8.52. The predicted octanol–water partition coefficient (Wildman–Crippen LogP) is 2.96. The van der Waals surface area contributed by atoms with Crippen LogP contribution in [0.15, 0.2) is 24.3 Å². The number of hydrogen-bond acceptors (Lipinski definition) is 3. The number of rotatable bonds is 5. The normalized spacial score (nSPS) is 21.2. The van der Waals surface area contributed by atoms with Crippen LogP contribution >= 0.6 is 0 Å². The second-order valence-electron chi connectivity index (χ2n) is 7.45. The van der Waals surface area contributed by atoms with E-state index in [0.29, 0.717) is 18.6 Å². The Morgan fingerprint density at radius 1 is 1.12 bits per heavy atom. The zero-order valence-electron chi connectivity index (χ0n) is 15.0. The van der Waals surface area contributed by atoms with Gasteiger partial charge in [-0.1, -0.05) is 37.5 Å². The van der Waals surface area contributed by atoms with Crippen molar-refractivity contribution in [3.63, 3.8) is 0 Å². The molecular weight excluding hydrogens is 300 g/mol. The third kappa shape index (κ3) is 4.10. The van der Waals surface area contributed by atoms with Gasteiger partial charge in [-0.3, -0.25) is 4.79 Å². The molecule has 1 atom stereocenters. The molecule has 0 unspecified atom stereocenters. The van der Waals surface area contributed by atoms with E-state index in [2.05, 4.69) is 30.0 Å². The Morgan fingerprint density at radius 2 is 1.88 bits per heavy atom. The Morgan fingerprint density at radius 3 is 2.62 bits per heavy atom. The number of carbonyl (C=O) groups excluding carboxylic acids is 1. The van der Waals surface area contributed by atoms with Crippen LogP contribution in [0.2, 0.25) is 0 Å². The van der Waals surface area contributed by atoms with Gasteiger partial charge in [-0.15, -0.1) is 0 Å². The standard InChI is InChI=1S/C20H30N2O2/c1-21(2)12-13-22(18-9-4-3-5-10-18)20(23)17-14-16-8-6-7-11-19(16)24-15-17/h6-8,11,17-18H,3-5,9-10,12-15H2,1-2H3/t17-/m0/s1. The maximum Gasteiger partial charge on any atom is 0.229 e. The maximum atomic E-state index is 13.2. The molecule has 0 radical (unpaired) electrons. The summed E-state index contributed by atoms with van der Waals surface area (Å²) in [7, 11) is 4.15. The van der Waals surface area contributed by atoms with Crippen LogP contribution in [0.3, 0.4) is 0 Å². The van der Waals surface area contributed by atoms with E-state index in [1.807, 2.05) is 18.2 Å². The van der Waals surface area contributed by atoms with Crippen LogP contribution in [0.25, 0.3) is 0 Å². The summed E-state index contributed by atoms with van der Waals surface area (Å²) < 4.78 is 5.86. The van der Waals surface area contributed by atoms with Gasteiger partial charge in [-0.25, -0.2) is 0 Å². The lowest BCUT2D eigenvalue weighted by molar-refractivity contribution is -0.140. The number of para-hydroxylation sites is 1. The Balaban J connectivity index is 1.70.